The minimum atomic E-state index is -3.36. The van der Waals surface area contributed by atoms with Crippen LogP contribution >= 0.6 is 0 Å². The number of nitrogens with two attached hydrogens (primary N) is 1. The topological polar surface area (TPSA) is 99.6 Å². The molecule has 1 atom stereocenters. The van der Waals surface area contributed by atoms with Gasteiger partial charge in [0.2, 0.25) is 5.91 Å². The molecule has 6 nitrogen and oxygen atoms in total. The van der Waals surface area contributed by atoms with E-state index in [0.717, 1.165) is 18.2 Å². The summed E-state index contributed by atoms with van der Waals surface area (Å²) in [5.74, 6) is -4.43. The molecule has 0 radical (unpaired) electrons. The van der Waals surface area contributed by atoms with Crippen molar-refractivity contribution in [1.82, 2.24) is 4.90 Å². The number of aliphatic hydroxyl groups excluding tert-OH is 1. The van der Waals surface area contributed by atoms with Crippen LogP contribution in [0.1, 0.15) is 54.0 Å². The summed E-state index contributed by atoms with van der Waals surface area (Å²) in [4.78, 5) is 14.4. The Balaban J connectivity index is 1.47. The number of fused-ring (bicyclic) bond motifs is 1. The number of aryl methyl sites for hydroxylation is 1. The number of nitrogens with one attached hydrogen (secondary N) is 1. The monoisotopic (exact) mass is 421 g/mol. The fraction of sp³-hybridized carbons (Fsp3) is 0.636. The minimum absolute atomic E-state index is 0.0323. The summed E-state index contributed by atoms with van der Waals surface area (Å²) >= 11 is 0. The third kappa shape index (κ3) is 3.60. The highest BCUT2D eigenvalue weighted by molar-refractivity contribution is 5.88. The first-order chi connectivity index (χ1) is 14.3. The fourth-order valence-electron chi connectivity index (χ4n) is 4.98. The van der Waals surface area contributed by atoms with Gasteiger partial charge in [-0.25, -0.2) is 8.78 Å². The van der Waals surface area contributed by atoms with Gasteiger partial charge in [0.15, 0.2) is 0 Å². The van der Waals surface area contributed by atoms with Crippen LogP contribution in [-0.4, -0.2) is 54.4 Å². The van der Waals surface area contributed by atoms with Crippen molar-refractivity contribution in [3.63, 3.8) is 0 Å². The molecule has 0 saturated carbocycles. The first-order valence-corrected chi connectivity index (χ1v) is 10.7. The van der Waals surface area contributed by atoms with Crippen LogP contribution in [0.4, 0.5) is 14.5 Å². The van der Waals surface area contributed by atoms with Crippen molar-refractivity contribution >= 4 is 17.8 Å². The number of anilines is 1. The van der Waals surface area contributed by atoms with Crippen molar-refractivity contribution in [3.05, 3.63) is 28.3 Å². The van der Waals surface area contributed by atoms with Gasteiger partial charge in [-0.3, -0.25) is 4.79 Å². The number of ether oxygens (including phenoxy) is 1. The Morgan fingerprint density at radius 3 is 2.50 bits per heavy atom. The average Bonchev–Trinajstić information content (AvgIpc) is 2.75. The van der Waals surface area contributed by atoms with E-state index in [-0.39, 0.29) is 49.0 Å². The number of carbonyl (C=O) groups is 1. The number of aliphatic hydroxyl groups is 1. The maximum atomic E-state index is 15.3. The summed E-state index contributed by atoms with van der Waals surface area (Å²) in [5, 5.41) is 18.2. The number of nitrogens with zero attached hydrogens (tertiary/aromatic N) is 1. The minimum Gasteiger partial charge on any atom is -0.398 e. The molecule has 0 aromatic heterocycles. The molecule has 1 unspecified atom stereocenters. The highest BCUT2D eigenvalue weighted by Crippen LogP contribution is 2.47. The molecule has 2 aliphatic heterocycles. The van der Waals surface area contributed by atoms with Crippen molar-refractivity contribution in [1.29, 1.82) is 5.41 Å². The largest absolute Gasteiger partial charge is 0.398 e. The van der Waals surface area contributed by atoms with Gasteiger partial charge in [0.1, 0.15) is 6.10 Å². The Morgan fingerprint density at radius 2 is 1.93 bits per heavy atom. The molecule has 8 heteroatoms. The van der Waals surface area contributed by atoms with Gasteiger partial charge in [-0.2, -0.15) is 0 Å². The van der Waals surface area contributed by atoms with Gasteiger partial charge in [-0.05, 0) is 55.7 Å². The van der Waals surface area contributed by atoms with Gasteiger partial charge in [-0.15, -0.1) is 0 Å². The van der Waals surface area contributed by atoms with Crippen molar-refractivity contribution in [2.75, 3.05) is 32.0 Å². The summed E-state index contributed by atoms with van der Waals surface area (Å²) in [5.41, 5.74) is 8.16. The van der Waals surface area contributed by atoms with E-state index >= 15 is 8.78 Å². The Bertz CT molecular complexity index is 831. The molecule has 1 aromatic carbocycles. The number of benzene rings is 1. The number of amides is 1. The third-order valence-corrected chi connectivity index (χ3v) is 7.00. The standard InChI is InChI=1S/C22H29F2N3O3/c23-22(24,20(28)18-17-2-1-14(17)11-15(12-25)19(18)26)16-3-7-27(8-4-16)21(29)13-5-9-30-10-6-13/h11-13,16,20,25,28H,1-10,26H2. The second-order valence-electron chi connectivity index (χ2n) is 8.64. The molecule has 2 heterocycles. The molecule has 0 bridgehead atoms. The zero-order valence-electron chi connectivity index (χ0n) is 17.0. The predicted octanol–water partition coefficient (Wildman–Crippen LogP) is 2.70. The molecule has 2 fully saturated rings. The maximum Gasteiger partial charge on any atom is 0.280 e. The predicted molar refractivity (Wildman–Crippen MR) is 109 cm³/mol. The van der Waals surface area contributed by atoms with Crippen LogP contribution in [0, 0.1) is 17.2 Å². The summed E-state index contributed by atoms with van der Waals surface area (Å²) in [6.07, 6.45) is 2.05. The summed E-state index contributed by atoms with van der Waals surface area (Å²) in [6.45, 7) is 1.68. The van der Waals surface area contributed by atoms with Crippen molar-refractivity contribution in [2.24, 2.45) is 11.8 Å². The Morgan fingerprint density at radius 1 is 1.27 bits per heavy atom. The number of alkyl halides is 2. The molecule has 4 rings (SSSR count). The van der Waals surface area contributed by atoms with E-state index in [2.05, 4.69) is 0 Å². The Labute approximate surface area is 174 Å². The second kappa shape index (κ2) is 8.23. The zero-order chi connectivity index (χ0) is 21.5. The first-order valence-electron chi connectivity index (χ1n) is 10.7. The molecule has 30 heavy (non-hydrogen) atoms. The maximum absolute atomic E-state index is 15.3. The lowest BCUT2D eigenvalue weighted by Gasteiger charge is -2.40. The van der Waals surface area contributed by atoms with E-state index in [1.807, 2.05) is 0 Å². The number of hydrogen-bond acceptors (Lipinski definition) is 5. The Kier molecular flexibility index (Phi) is 5.81. The molecule has 4 N–H and O–H groups in total. The van der Waals surface area contributed by atoms with Crippen LogP contribution in [0.3, 0.4) is 0 Å². The van der Waals surface area contributed by atoms with E-state index in [4.69, 9.17) is 15.9 Å². The number of hydrogen-bond donors (Lipinski definition) is 3. The van der Waals surface area contributed by atoms with Crippen LogP contribution in [0.25, 0.3) is 0 Å². The van der Waals surface area contributed by atoms with Gasteiger partial charge in [-0.1, -0.05) is 0 Å². The number of halogens is 2. The molecule has 1 amide bonds. The quantitative estimate of drug-likeness (QED) is 0.503. The van der Waals surface area contributed by atoms with E-state index < -0.39 is 17.9 Å². The SMILES string of the molecule is N=Cc1cc2c(c(C(O)C(F)(F)C3CCN(C(=O)C4CCOCC4)CC3)c1N)CC2. The van der Waals surface area contributed by atoms with Gasteiger partial charge in [0.25, 0.3) is 5.92 Å². The van der Waals surface area contributed by atoms with Crippen LogP contribution in [0.15, 0.2) is 6.07 Å². The average molecular weight is 421 g/mol. The highest BCUT2D eigenvalue weighted by Gasteiger charge is 2.50. The Hall–Kier alpha value is -2.06. The molecule has 164 valence electrons. The van der Waals surface area contributed by atoms with Crippen LogP contribution in [-0.2, 0) is 22.4 Å². The molecule has 2 saturated heterocycles. The lowest BCUT2D eigenvalue weighted by Crippen LogP contribution is -2.47. The first kappa shape index (κ1) is 21.2. The lowest BCUT2D eigenvalue weighted by atomic mass is 9.77. The van der Waals surface area contributed by atoms with Gasteiger partial charge in [0, 0.05) is 61.2 Å². The van der Waals surface area contributed by atoms with E-state index in [1.54, 1.807) is 11.0 Å². The fourth-order valence-corrected chi connectivity index (χ4v) is 4.98. The summed E-state index contributed by atoms with van der Waals surface area (Å²) in [7, 11) is 0. The van der Waals surface area contributed by atoms with Crippen LogP contribution < -0.4 is 5.73 Å². The molecule has 1 aromatic rings. The van der Waals surface area contributed by atoms with E-state index in [0.29, 0.717) is 43.6 Å². The third-order valence-electron chi connectivity index (χ3n) is 7.00. The van der Waals surface area contributed by atoms with Gasteiger partial charge < -0.3 is 25.9 Å². The number of piperidine rings is 1. The van der Waals surface area contributed by atoms with Gasteiger partial charge in [0.05, 0.1) is 0 Å². The number of nitrogen functional groups attached to an aromatic ring is 1. The van der Waals surface area contributed by atoms with E-state index in [1.165, 1.54) is 0 Å². The molecule has 3 aliphatic rings. The molecular formula is C22H29F2N3O3. The lowest BCUT2D eigenvalue weighted by molar-refractivity contribution is -0.166. The normalized spacial score (nSPS) is 21.6. The summed E-state index contributed by atoms with van der Waals surface area (Å²) in [6, 6.07) is 1.75. The van der Waals surface area contributed by atoms with Gasteiger partial charge >= 0.3 is 0 Å². The van der Waals surface area contributed by atoms with E-state index in [9.17, 15) is 9.90 Å². The number of rotatable bonds is 5. The van der Waals surface area contributed by atoms with Crippen LogP contribution in [0.2, 0.25) is 0 Å². The number of likely N-dealkylation sites (tertiary alicyclic amines) is 1. The number of carbonyl (C=O) groups excluding carboxylic acids is 1. The summed E-state index contributed by atoms with van der Waals surface area (Å²) < 4.78 is 36.0. The van der Waals surface area contributed by atoms with Crippen LogP contribution in [0.5, 0.6) is 0 Å². The highest BCUT2D eigenvalue weighted by atomic mass is 19.3. The van der Waals surface area contributed by atoms with Crippen molar-refractivity contribution in [3.8, 4) is 0 Å². The molecule has 0 spiro atoms. The molecular weight excluding hydrogens is 392 g/mol. The second-order valence-corrected chi connectivity index (χ2v) is 8.64. The smallest absolute Gasteiger partial charge is 0.280 e. The zero-order valence-corrected chi connectivity index (χ0v) is 17.0. The van der Waals surface area contributed by atoms with Crippen molar-refractivity contribution in [2.45, 2.75) is 50.6 Å². The van der Waals surface area contributed by atoms with Crippen molar-refractivity contribution < 1.29 is 23.4 Å². The molecule has 1 aliphatic carbocycles.